The van der Waals surface area contributed by atoms with Gasteiger partial charge in [-0.25, -0.2) is 9.37 Å². The van der Waals surface area contributed by atoms with Gasteiger partial charge >= 0.3 is 0 Å². The lowest BCUT2D eigenvalue weighted by Gasteiger charge is -2.19. The molecule has 0 bridgehead atoms. The van der Waals surface area contributed by atoms with Gasteiger partial charge in [0.2, 0.25) is 5.95 Å². The van der Waals surface area contributed by atoms with Gasteiger partial charge in [0.25, 0.3) is 0 Å². The number of hydrogen-bond acceptors (Lipinski definition) is 5. The number of aryl methyl sites for hydroxylation is 1. The predicted octanol–water partition coefficient (Wildman–Crippen LogP) is 3.95. The third-order valence-corrected chi connectivity index (χ3v) is 4.10. The smallest absolute Gasteiger partial charge is 0.222 e. The summed E-state index contributed by atoms with van der Waals surface area (Å²) < 4.78 is 18.7. The molecule has 3 N–H and O–H groups in total. The number of nitrogen functional groups attached to an aromatic ring is 1. The van der Waals surface area contributed by atoms with Crippen molar-refractivity contribution >= 4 is 29.1 Å². The highest BCUT2D eigenvalue weighted by molar-refractivity contribution is 6.31. The normalized spacial score (nSPS) is 12.6. The number of halogens is 2. The summed E-state index contributed by atoms with van der Waals surface area (Å²) in [4.78, 5) is 8.62. The summed E-state index contributed by atoms with van der Waals surface area (Å²) in [6.45, 7) is 0. The van der Waals surface area contributed by atoms with Crippen LogP contribution in [0.25, 0.3) is 11.3 Å². The van der Waals surface area contributed by atoms with E-state index in [4.69, 9.17) is 21.8 Å². The van der Waals surface area contributed by atoms with Crippen molar-refractivity contribution in [1.82, 2.24) is 9.97 Å². The van der Waals surface area contributed by atoms with Crippen LogP contribution in [0.15, 0.2) is 34.9 Å². The molecule has 116 valence electrons. The van der Waals surface area contributed by atoms with Gasteiger partial charge < -0.3 is 15.5 Å². The summed E-state index contributed by atoms with van der Waals surface area (Å²) in [5, 5.41) is 3.20. The lowest BCUT2D eigenvalue weighted by Crippen LogP contribution is -2.11. The predicted molar refractivity (Wildman–Crippen MR) is 86.2 cm³/mol. The first-order valence-electron chi connectivity index (χ1n) is 7.07. The molecule has 3 aromatic rings. The van der Waals surface area contributed by atoms with Crippen LogP contribution in [-0.2, 0) is 12.8 Å². The standard InChI is InChI=1S/C16H12ClFN4O/c17-11-7-8(1-3-12(11)18)20-15-10-2-4-13-9(5-6-23-13)14(10)21-16(19)22-15/h1,3,5-7H,2,4H2,(H3,19,20,21,22). The number of aromatic nitrogens is 2. The zero-order chi connectivity index (χ0) is 16.0. The summed E-state index contributed by atoms with van der Waals surface area (Å²) in [6, 6.07) is 6.28. The van der Waals surface area contributed by atoms with Crippen molar-refractivity contribution in [2.75, 3.05) is 11.1 Å². The summed E-state index contributed by atoms with van der Waals surface area (Å²) in [5.41, 5.74) is 9.12. The third-order valence-electron chi connectivity index (χ3n) is 3.81. The molecule has 23 heavy (non-hydrogen) atoms. The highest BCUT2D eigenvalue weighted by Crippen LogP contribution is 2.37. The van der Waals surface area contributed by atoms with Gasteiger partial charge in [-0.1, -0.05) is 11.6 Å². The van der Waals surface area contributed by atoms with E-state index in [1.807, 2.05) is 6.07 Å². The van der Waals surface area contributed by atoms with Crippen LogP contribution in [0.4, 0.5) is 21.8 Å². The molecule has 0 fully saturated rings. The number of hydrogen-bond donors (Lipinski definition) is 2. The minimum absolute atomic E-state index is 0.0445. The minimum atomic E-state index is -0.468. The Bertz CT molecular complexity index is 909. The van der Waals surface area contributed by atoms with Crippen molar-refractivity contribution in [2.45, 2.75) is 12.8 Å². The van der Waals surface area contributed by atoms with E-state index in [0.717, 1.165) is 35.4 Å². The number of nitrogens with two attached hydrogens (primary N) is 1. The Kier molecular flexibility index (Phi) is 3.20. The van der Waals surface area contributed by atoms with Gasteiger partial charge in [-0.3, -0.25) is 0 Å². The third kappa shape index (κ3) is 2.41. The molecule has 0 unspecified atom stereocenters. The monoisotopic (exact) mass is 330 g/mol. The molecule has 4 rings (SSSR count). The summed E-state index contributed by atoms with van der Waals surface area (Å²) in [6.07, 6.45) is 3.14. The van der Waals surface area contributed by atoms with Gasteiger partial charge in [0, 0.05) is 23.2 Å². The Hall–Kier alpha value is -2.60. The largest absolute Gasteiger partial charge is 0.469 e. The molecular formula is C16H12ClFN4O. The van der Waals surface area contributed by atoms with Crippen molar-refractivity contribution in [3.05, 3.63) is 52.7 Å². The molecule has 7 heteroatoms. The Labute approximate surface area is 136 Å². The second-order valence-electron chi connectivity index (χ2n) is 5.27. The van der Waals surface area contributed by atoms with Crippen LogP contribution < -0.4 is 11.1 Å². The van der Waals surface area contributed by atoms with Crippen molar-refractivity contribution in [1.29, 1.82) is 0 Å². The first kappa shape index (κ1) is 14.0. The molecule has 0 atom stereocenters. The summed E-state index contributed by atoms with van der Waals surface area (Å²) in [7, 11) is 0. The number of nitrogens with zero attached hydrogens (tertiary/aromatic N) is 2. The number of fused-ring (bicyclic) bond motifs is 3. The van der Waals surface area contributed by atoms with Gasteiger partial charge in [-0.2, -0.15) is 4.98 Å². The first-order valence-corrected chi connectivity index (χ1v) is 7.45. The van der Waals surface area contributed by atoms with E-state index in [-0.39, 0.29) is 11.0 Å². The van der Waals surface area contributed by atoms with Crippen molar-refractivity contribution in [3.63, 3.8) is 0 Å². The molecule has 0 amide bonds. The molecule has 2 heterocycles. The molecular weight excluding hydrogens is 319 g/mol. The zero-order valence-electron chi connectivity index (χ0n) is 11.9. The van der Waals surface area contributed by atoms with E-state index >= 15 is 0 Å². The van der Waals surface area contributed by atoms with Crippen molar-refractivity contribution < 1.29 is 8.81 Å². The summed E-state index contributed by atoms with van der Waals surface area (Å²) in [5.74, 6) is 1.19. The molecule has 1 aromatic carbocycles. The lowest BCUT2D eigenvalue weighted by atomic mass is 9.95. The maximum atomic E-state index is 13.3. The maximum absolute atomic E-state index is 13.3. The second-order valence-corrected chi connectivity index (χ2v) is 5.68. The molecule has 1 aliphatic rings. The fraction of sp³-hybridized carbons (Fsp3) is 0.125. The van der Waals surface area contributed by atoms with Gasteiger partial charge in [0.05, 0.1) is 17.0 Å². The molecule has 0 aliphatic heterocycles. The molecule has 1 aliphatic carbocycles. The van der Waals surface area contributed by atoms with E-state index in [0.29, 0.717) is 11.5 Å². The average molecular weight is 331 g/mol. The highest BCUT2D eigenvalue weighted by atomic mass is 35.5. The van der Waals surface area contributed by atoms with Crippen LogP contribution in [-0.4, -0.2) is 9.97 Å². The van der Waals surface area contributed by atoms with Crippen LogP contribution in [0.2, 0.25) is 5.02 Å². The maximum Gasteiger partial charge on any atom is 0.222 e. The molecule has 0 saturated heterocycles. The number of rotatable bonds is 2. The van der Waals surface area contributed by atoms with Crippen LogP contribution in [0.1, 0.15) is 11.3 Å². The van der Waals surface area contributed by atoms with Crippen LogP contribution in [0.3, 0.4) is 0 Å². The fourth-order valence-electron chi connectivity index (χ4n) is 2.76. The fourth-order valence-corrected chi connectivity index (χ4v) is 2.94. The number of benzene rings is 1. The Morgan fingerprint density at radius 2 is 2.09 bits per heavy atom. The molecule has 0 saturated carbocycles. The van der Waals surface area contributed by atoms with E-state index in [1.54, 1.807) is 12.3 Å². The summed E-state index contributed by atoms with van der Waals surface area (Å²) >= 11 is 5.82. The number of furan rings is 1. The van der Waals surface area contributed by atoms with Gasteiger partial charge in [0.1, 0.15) is 17.4 Å². The molecule has 0 radical (unpaired) electrons. The topological polar surface area (TPSA) is 77.0 Å². The van der Waals surface area contributed by atoms with Crippen molar-refractivity contribution in [2.24, 2.45) is 0 Å². The number of anilines is 3. The molecule has 0 spiro atoms. The quantitative estimate of drug-likeness (QED) is 0.744. The molecule has 2 aromatic heterocycles. The van der Waals surface area contributed by atoms with Crippen LogP contribution in [0.5, 0.6) is 0 Å². The Morgan fingerprint density at radius 3 is 2.91 bits per heavy atom. The van der Waals surface area contributed by atoms with Gasteiger partial charge in [-0.15, -0.1) is 0 Å². The molecule has 5 nitrogen and oxygen atoms in total. The van der Waals surface area contributed by atoms with Crippen LogP contribution in [0, 0.1) is 5.82 Å². The van der Waals surface area contributed by atoms with E-state index in [2.05, 4.69) is 15.3 Å². The Morgan fingerprint density at radius 1 is 1.22 bits per heavy atom. The SMILES string of the molecule is Nc1nc(Nc2ccc(F)c(Cl)c2)c2c(n1)-c1ccoc1CC2. The van der Waals surface area contributed by atoms with Crippen molar-refractivity contribution in [3.8, 4) is 11.3 Å². The van der Waals surface area contributed by atoms with E-state index in [1.165, 1.54) is 12.1 Å². The van der Waals surface area contributed by atoms with Gasteiger partial charge in [-0.05, 0) is 30.7 Å². The van der Waals surface area contributed by atoms with Gasteiger partial charge in [0.15, 0.2) is 0 Å². The highest BCUT2D eigenvalue weighted by Gasteiger charge is 2.24. The average Bonchev–Trinajstić information content (AvgIpc) is 3.00. The van der Waals surface area contributed by atoms with E-state index < -0.39 is 5.82 Å². The lowest BCUT2D eigenvalue weighted by molar-refractivity contribution is 0.507. The van der Waals surface area contributed by atoms with E-state index in [9.17, 15) is 4.39 Å². The zero-order valence-corrected chi connectivity index (χ0v) is 12.7. The van der Waals surface area contributed by atoms with Crippen LogP contribution >= 0.6 is 11.6 Å². The first-order chi connectivity index (χ1) is 11.1. The minimum Gasteiger partial charge on any atom is -0.469 e. The second kappa shape index (κ2) is 5.24. The Balaban J connectivity index is 1.80. The number of nitrogens with one attached hydrogen (secondary N) is 1.